The van der Waals surface area contributed by atoms with Gasteiger partial charge >= 0.3 is 6.18 Å². The van der Waals surface area contributed by atoms with Crippen molar-refractivity contribution in [2.75, 3.05) is 6.54 Å². The largest absolute Gasteiger partial charge is 0.416 e. The molecule has 0 aliphatic heterocycles. The zero-order valence-electron chi connectivity index (χ0n) is 9.14. The summed E-state index contributed by atoms with van der Waals surface area (Å²) in [5.74, 6) is 0. The van der Waals surface area contributed by atoms with Crippen molar-refractivity contribution in [3.63, 3.8) is 0 Å². The number of rotatable bonds is 2. The zero-order valence-corrected chi connectivity index (χ0v) is 9.95. The van der Waals surface area contributed by atoms with Gasteiger partial charge in [-0.1, -0.05) is 32.0 Å². The minimum Gasteiger partial charge on any atom is -0.330 e. The molecule has 0 unspecified atom stereocenters. The first kappa shape index (κ1) is 15.3. The third kappa shape index (κ3) is 3.39. The number of halogens is 4. The van der Waals surface area contributed by atoms with E-state index in [2.05, 4.69) is 0 Å². The number of benzene rings is 1. The molecule has 0 bridgehead atoms. The van der Waals surface area contributed by atoms with Crippen LogP contribution in [0.15, 0.2) is 24.3 Å². The maximum atomic E-state index is 12.4. The summed E-state index contributed by atoms with van der Waals surface area (Å²) in [6, 6.07) is 5.31. The molecule has 1 rings (SSSR count). The smallest absolute Gasteiger partial charge is 0.330 e. The summed E-state index contributed by atoms with van der Waals surface area (Å²) < 4.78 is 37.3. The Morgan fingerprint density at radius 1 is 1.12 bits per heavy atom. The monoisotopic (exact) mass is 253 g/mol. The molecule has 0 saturated carbocycles. The standard InChI is InChI=1S/C11H14F3N.ClH/c1-10(2,7-15)8-4-3-5-9(6-8)11(12,13)14;/h3-6H,7,15H2,1-2H3;1H. The van der Waals surface area contributed by atoms with Crippen LogP contribution in [-0.2, 0) is 11.6 Å². The molecule has 16 heavy (non-hydrogen) atoms. The molecule has 0 atom stereocenters. The van der Waals surface area contributed by atoms with E-state index in [1.165, 1.54) is 6.07 Å². The molecular formula is C11H15ClF3N. The van der Waals surface area contributed by atoms with Crippen LogP contribution in [0.25, 0.3) is 0 Å². The lowest BCUT2D eigenvalue weighted by molar-refractivity contribution is -0.137. The SMILES string of the molecule is CC(C)(CN)c1cccc(C(F)(F)F)c1.Cl. The molecule has 0 aliphatic rings. The molecule has 92 valence electrons. The maximum Gasteiger partial charge on any atom is 0.416 e. The summed E-state index contributed by atoms with van der Waals surface area (Å²) in [4.78, 5) is 0. The molecule has 0 aromatic heterocycles. The molecule has 0 amide bonds. The Hall–Kier alpha value is -0.740. The maximum absolute atomic E-state index is 12.4. The zero-order chi connectivity index (χ0) is 11.7. The molecule has 1 aromatic rings. The normalized spacial score (nSPS) is 12.1. The number of hydrogen-bond acceptors (Lipinski definition) is 1. The fourth-order valence-electron chi connectivity index (χ4n) is 1.23. The number of nitrogens with two attached hydrogens (primary N) is 1. The first-order chi connectivity index (χ1) is 6.77. The lowest BCUT2D eigenvalue weighted by Gasteiger charge is -2.23. The second-order valence-electron chi connectivity index (χ2n) is 4.17. The van der Waals surface area contributed by atoms with Crippen molar-refractivity contribution >= 4 is 12.4 Å². The summed E-state index contributed by atoms with van der Waals surface area (Å²) in [7, 11) is 0. The van der Waals surface area contributed by atoms with Crippen molar-refractivity contribution in [2.24, 2.45) is 5.73 Å². The third-order valence-corrected chi connectivity index (χ3v) is 2.48. The van der Waals surface area contributed by atoms with Crippen LogP contribution in [-0.4, -0.2) is 6.54 Å². The van der Waals surface area contributed by atoms with Crippen LogP contribution in [0.1, 0.15) is 25.0 Å². The van der Waals surface area contributed by atoms with E-state index in [-0.39, 0.29) is 12.4 Å². The van der Waals surface area contributed by atoms with Crippen LogP contribution in [0, 0.1) is 0 Å². The van der Waals surface area contributed by atoms with Gasteiger partial charge in [-0.05, 0) is 11.6 Å². The van der Waals surface area contributed by atoms with E-state index in [1.54, 1.807) is 6.07 Å². The van der Waals surface area contributed by atoms with Crippen molar-refractivity contribution in [1.29, 1.82) is 0 Å². The van der Waals surface area contributed by atoms with Crippen LogP contribution in [0.2, 0.25) is 0 Å². The fourth-order valence-corrected chi connectivity index (χ4v) is 1.23. The highest BCUT2D eigenvalue weighted by atomic mass is 35.5. The van der Waals surface area contributed by atoms with E-state index in [4.69, 9.17) is 5.73 Å². The van der Waals surface area contributed by atoms with E-state index in [9.17, 15) is 13.2 Å². The summed E-state index contributed by atoms with van der Waals surface area (Å²) in [6.07, 6.45) is -4.29. The Labute approximate surface area is 99.2 Å². The van der Waals surface area contributed by atoms with Crippen molar-refractivity contribution < 1.29 is 13.2 Å². The first-order valence-electron chi connectivity index (χ1n) is 4.65. The molecule has 0 aliphatic carbocycles. The summed E-state index contributed by atoms with van der Waals surface area (Å²) in [5, 5.41) is 0. The van der Waals surface area contributed by atoms with Gasteiger partial charge < -0.3 is 5.73 Å². The van der Waals surface area contributed by atoms with E-state index < -0.39 is 17.2 Å². The first-order valence-corrected chi connectivity index (χ1v) is 4.65. The van der Waals surface area contributed by atoms with Crippen LogP contribution >= 0.6 is 12.4 Å². The van der Waals surface area contributed by atoms with Crippen molar-refractivity contribution in [3.05, 3.63) is 35.4 Å². The van der Waals surface area contributed by atoms with Crippen LogP contribution in [0.4, 0.5) is 13.2 Å². The Morgan fingerprint density at radius 3 is 2.06 bits per heavy atom. The van der Waals surface area contributed by atoms with Gasteiger partial charge in [0.15, 0.2) is 0 Å². The second-order valence-corrected chi connectivity index (χ2v) is 4.17. The molecule has 5 heteroatoms. The second kappa shape index (κ2) is 5.06. The highest BCUT2D eigenvalue weighted by Gasteiger charge is 2.31. The van der Waals surface area contributed by atoms with Gasteiger partial charge in [-0.3, -0.25) is 0 Å². The van der Waals surface area contributed by atoms with Crippen LogP contribution in [0.5, 0.6) is 0 Å². The van der Waals surface area contributed by atoms with Gasteiger partial charge in [0.05, 0.1) is 5.56 Å². The van der Waals surface area contributed by atoms with Gasteiger partial charge in [-0.15, -0.1) is 12.4 Å². The van der Waals surface area contributed by atoms with Gasteiger partial charge in [0.25, 0.3) is 0 Å². The van der Waals surface area contributed by atoms with Crippen molar-refractivity contribution in [1.82, 2.24) is 0 Å². The van der Waals surface area contributed by atoms with Crippen LogP contribution in [0.3, 0.4) is 0 Å². The highest BCUT2D eigenvalue weighted by molar-refractivity contribution is 5.85. The summed E-state index contributed by atoms with van der Waals surface area (Å²) in [6.45, 7) is 3.96. The topological polar surface area (TPSA) is 26.0 Å². The lowest BCUT2D eigenvalue weighted by atomic mass is 9.84. The Balaban J connectivity index is 0.00000225. The average molecular weight is 254 g/mol. The molecule has 0 heterocycles. The molecule has 0 saturated heterocycles. The molecule has 0 spiro atoms. The predicted octanol–water partition coefficient (Wildman–Crippen LogP) is 3.36. The van der Waals surface area contributed by atoms with Crippen molar-refractivity contribution in [2.45, 2.75) is 25.4 Å². The third-order valence-electron chi connectivity index (χ3n) is 2.48. The van der Waals surface area contributed by atoms with Gasteiger partial charge in [0.2, 0.25) is 0 Å². The molecule has 0 fully saturated rings. The van der Waals surface area contributed by atoms with Gasteiger partial charge in [0.1, 0.15) is 0 Å². The van der Waals surface area contributed by atoms with Crippen LogP contribution < -0.4 is 5.73 Å². The minimum absolute atomic E-state index is 0. The van der Waals surface area contributed by atoms with E-state index in [1.807, 2.05) is 13.8 Å². The van der Waals surface area contributed by atoms with E-state index >= 15 is 0 Å². The summed E-state index contributed by atoms with van der Waals surface area (Å²) >= 11 is 0. The predicted molar refractivity (Wildman–Crippen MR) is 60.8 cm³/mol. The van der Waals surface area contributed by atoms with E-state index in [0.29, 0.717) is 12.1 Å². The lowest BCUT2D eigenvalue weighted by Crippen LogP contribution is -2.28. The van der Waals surface area contributed by atoms with E-state index in [0.717, 1.165) is 12.1 Å². The van der Waals surface area contributed by atoms with Gasteiger partial charge in [-0.2, -0.15) is 13.2 Å². The van der Waals surface area contributed by atoms with Gasteiger partial charge in [-0.25, -0.2) is 0 Å². The quantitative estimate of drug-likeness (QED) is 0.859. The van der Waals surface area contributed by atoms with Gasteiger partial charge in [0, 0.05) is 12.0 Å². The Bertz CT molecular complexity index is 347. The molecule has 1 aromatic carbocycles. The fraction of sp³-hybridized carbons (Fsp3) is 0.455. The average Bonchev–Trinajstić information content (AvgIpc) is 2.17. The number of alkyl halides is 3. The number of hydrogen-bond donors (Lipinski definition) is 1. The minimum atomic E-state index is -4.29. The Morgan fingerprint density at radius 2 is 1.62 bits per heavy atom. The molecule has 1 nitrogen and oxygen atoms in total. The van der Waals surface area contributed by atoms with Crippen molar-refractivity contribution in [3.8, 4) is 0 Å². The molecule has 0 radical (unpaired) electrons. The summed E-state index contributed by atoms with van der Waals surface area (Å²) in [5.41, 5.74) is 5.07. The highest BCUT2D eigenvalue weighted by Crippen LogP contribution is 2.32. The molecule has 2 N–H and O–H groups in total. The molecular weight excluding hydrogens is 239 g/mol. The Kier molecular flexibility index (Phi) is 4.83.